The predicted octanol–water partition coefficient (Wildman–Crippen LogP) is 3.52. The number of rotatable bonds is 6. The molecule has 0 aliphatic heterocycles. The summed E-state index contributed by atoms with van der Waals surface area (Å²) in [4.78, 5) is 23.8. The van der Waals surface area contributed by atoms with Crippen LogP contribution >= 0.6 is 11.3 Å². The first kappa shape index (κ1) is 15.5. The lowest BCUT2D eigenvalue weighted by Gasteiger charge is -2.26. The minimum absolute atomic E-state index is 0.151. The number of amides is 1. The van der Waals surface area contributed by atoms with Gasteiger partial charge in [0, 0.05) is 22.0 Å². The minimum Gasteiger partial charge on any atom is -0.481 e. The summed E-state index contributed by atoms with van der Waals surface area (Å²) < 4.78 is 1.05. The standard InChI is InChI=1S/C16H19NO3S/c1-3-16(4-2,15(19)20)10-17-14(18)12-9-21-13-8-6-5-7-11(12)13/h5-9H,3-4,10H2,1-2H3,(H,17,18)(H,19,20). The average molecular weight is 305 g/mol. The van der Waals surface area contributed by atoms with Crippen LogP contribution in [0, 0.1) is 5.41 Å². The third-order valence-corrected chi connectivity index (χ3v) is 5.08. The molecular formula is C16H19NO3S. The number of carboxylic acid groups (broad SMARTS) is 1. The van der Waals surface area contributed by atoms with Crippen LogP contribution in [0.5, 0.6) is 0 Å². The fourth-order valence-electron chi connectivity index (χ4n) is 2.38. The zero-order valence-electron chi connectivity index (χ0n) is 12.2. The van der Waals surface area contributed by atoms with E-state index in [1.165, 1.54) is 11.3 Å². The van der Waals surface area contributed by atoms with Crippen molar-refractivity contribution in [3.63, 3.8) is 0 Å². The van der Waals surface area contributed by atoms with Gasteiger partial charge in [0.05, 0.1) is 11.0 Å². The van der Waals surface area contributed by atoms with Gasteiger partial charge in [0.2, 0.25) is 0 Å². The van der Waals surface area contributed by atoms with Gasteiger partial charge in [-0.25, -0.2) is 0 Å². The number of nitrogens with one attached hydrogen (secondary N) is 1. The molecule has 2 N–H and O–H groups in total. The molecule has 0 aliphatic rings. The number of carbonyl (C=O) groups excluding carboxylic acids is 1. The molecule has 21 heavy (non-hydrogen) atoms. The fraction of sp³-hybridized carbons (Fsp3) is 0.375. The summed E-state index contributed by atoms with van der Waals surface area (Å²) in [6, 6.07) is 7.71. The second-order valence-electron chi connectivity index (χ2n) is 5.12. The number of hydrogen-bond donors (Lipinski definition) is 2. The Morgan fingerprint density at radius 1 is 1.24 bits per heavy atom. The van der Waals surface area contributed by atoms with Crippen molar-refractivity contribution in [2.45, 2.75) is 26.7 Å². The predicted molar refractivity (Wildman–Crippen MR) is 84.8 cm³/mol. The van der Waals surface area contributed by atoms with E-state index in [0.717, 1.165) is 10.1 Å². The second-order valence-corrected chi connectivity index (χ2v) is 6.03. The van der Waals surface area contributed by atoms with Crippen LogP contribution in [-0.2, 0) is 4.79 Å². The van der Waals surface area contributed by atoms with Crippen molar-refractivity contribution in [1.82, 2.24) is 5.32 Å². The van der Waals surface area contributed by atoms with Crippen molar-refractivity contribution in [3.05, 3.63) is 35.2 Å². The molecule has 1 amide bonds. The van der Waals surface area contributed by atoms with Crippen molar-refractivity contribution in [1.29, 1.82) is 0 Å². The topological polar surface area (TPSA) is 66.4 Å². The second kappa shape index (κ2) is 6.26. The van der Waals surface area contributed by atoms with Gasteiger partial charge in [-0.15, -0.1) is 11.3 Å². The molecule has 1 aromatic heterocycles. The van der Waals surface area contributed by atoms with Gasteiger partial charge in [-0.2, -0.15) is 0 Å². The number of fused-ring (bicyclic) bond motifs is 1. The third-order valence-electron chi connectivity index (χ3n) is 4.12. The van der Waals surface area contributed by atoms with Gasteiger partial charge in [-0.1, -0.05) is 32.0 Å². The maximum atomic E-state index is 12.3. The Kier molecular flexibility index (Phi) is 4.63. The average Bonchev–Trinajstić information content (AvgIpc) is 2.92. The number of hydrogen-bond acceptors (Lipinski definition) is 3. The van der Waals surface area contributed by atoms with Gasteiger partial charge in [0.25, 0.3) is 5.91 Å². The van der Waals surface area contributed by atoms with E-state index in [0.29, 0.717) is 18.4 Å². The van der Waals surface area contributed by atoms with E-state index in [2.05, 4.69) is 5.32 Å². The summed E-state index contributed by atoms with van der Waals surface area (Å²) in [7, 11) is 0. The molecule has 0 atom stereocenters. The first-order chi connectivity index (χ1) is 10.0. The molecule has 4 nitrogen and oxygen atoms in total. The van der Waals surface area contributed by atoms with E-state index in [1.54, 1.807) is 0 Å². The van der Waals surface area contributed by atoms with Crippen molar-refractivity contribution in [3.8, 4) is 0 Å². The fourth-order valence-corrected chi connectivity index (χ4v) is 3.32. The van der Waals surface area contributed by atoms with E-state index in [1.807, 2.05) is 43.5 Å². The zero-order valence-corrected chi connectivity index (χ0v) is 13.0. The number of thiophene rings is 1. The van der Waals surface area contributed by atoms with Crippen LogP contribution < -0.4 is 5.32 Å². The Labute approximate surface area is 127 Å². The van der Waals surface area contributed by atoms with Crippen LogP contribution in [0.25, 0.3) is 10.1 Å². The summed E-state index contributed by atoms with van der Waals surface area (Å²) in [6.45, 7) is 3.83. The van der Waals surface area contributed by atoms with Crippen LogP contribution in [-0.4, -0.2) is 23.5 Å². The molecule has 0 spiro atoms. The molecule has 0 saturated heterocycles. The molecule has 0 fully saturated rings. The van der Waals surface area contributed by atoms with Crippen LogP contribution in [0.1, 0.15) is 37.0 Å². The van der Waals surface area contributed by atoms with Crippen molar-refractivity contribution < 1.29 is 14.7 Å². The molecule has 2 aromatic rings. The number of carboxylic acids is 1. The quantitative estimate of drug-likeness (QED) is 0.858. The van der Waals surface area contributed by atoms with Crippen LogP contribution in [0.3, 0.4) is 0 Å². The Hall–Kier alpha value is -1.88. The lowest BCUT2D eigenvalue weighted by molar-refractivity contribution is -0.149. The molecule has 2 rings (SSSR count). The van der Waals surface area contributed by atoms with E-state index < -0.39 is 11.4 Å². The number of aliphatic carboxylic acids is 1. The molecular weight excluding hydrogens is 286 g/mol. The lowest BCUT2D eigenvalue weighted by atomic mass is 9.82. The summed E-state index contributed by atoms with van der Waals surface area (Å²) in [6.07, 6.45) is 0.979. The Morgan fingerprint density at radius 2 is 1.90 bits per heavy atom. The first-order valence-corrected chi connectivity index (χ1v) is 7.90. The van der Waals surface area contributed by atoms with Gasteiger partial charge < -0.3 is 10.4 Å². The summed E-state index contributed by atoms with van der Waals surface area (Å²) >= 11 is 1.52. The Bertz CT molecular complexity index is 658. The van der Waals surface area contributed by atoms with Gasteiger partial charge in [-0.05, 0) is 18.9 Å². The normalized spacial score (nSPS) is 11.5. The summed E-state index contributed by atoms with van der Waals surface area (Å²) in [5.41, 5.74) is -0.274. The highest BCUT2D eigenvalue weighted by atomic mass is 32.1. The van der Waals surface area contributed by atoms with E-state index in [-0.39, 0.29) is 12.5 Å². The molecule has 112 valence electrons. The number of carbonyl (C=O) groups is 2. The van der Waals surface area contributed by atoms with Gasteiger partial charge in [0.1, 0.15) is 0 Å². The monoisotopic (exact) mass is 305 g/mol. The Balaban J connectivity index is 2.17. The minimum atomic E-state index is -0.887. The van der Waals surface area contributed by atoms with Crippen molar-refractivity contribution in [2.24, 2.45) is 5.41 Å². The smallest absolute Gasteiger partial charge is 0.311 e. The first-order valence-electron chi connectivity index (χ1n) is 7.02. The highest BCUT2D eigenvalue weighted by Gasteiger charge is 2.35. The van der Waals surface area contributed by atoms with Crippen molar-refractivity contribution in [2.75, 3.05) is 6.54 Å². The molecule has 1 aromatic carbocycles. The van der Waals surface area contributed by atoms with Gasteiger partial charge in [-0.3, -0.25) is 9.59 Å². The van der Waals surface area contributed by atoms with Crippen LogP contribution in [0.15, 0.2) is 29.6 Å². The maximum Gasteiger partial charge on any atom is 0.311 e. The van der Waals surface area contributed by atoms with Crippen LogP contribution in [0.4, 0.5) is 0 Å². The molecule has 0 unspecified atom stereocenters. The molecule has 0 aliphatic carbocycles. The summed E-state index contributed by atoms with van der Waals surface area (Å²) in [5.74, 6) is -1.07. The van der Waals surface area contributed by atoms with Gasteiger partial charge in [0.15, 0.2) is 0 Å². The zero-order chi connectivity index (χ0) is 15.5. The highest BCUT2D eigenvalue weighted by Crippen LogP contribution is 2.28. The largest absolute Gasteiger partial charge is 0.481 e. The lowest BCUT2D eigenvalue weighted by Crippen LogP contribution is -2.42. The molecule has 0 bridgehead atoms. The van der Waals surface area contributed by atoms with E-state index >= 15 is 0 Å². The van der Waals surface area contributed by atoms with Gasteiger partial charge >= 0.3 is 5.97 Å². The van der Waals surface area contributed by atoms with E-state index in [4.69, 9.17) is 0 Å². The maximum absolute atomic E-state index is 12.3. The van der Waals surface area contributed by atoms with Crippen molar-refractivity contribution >= 4 is 33.3 Å². The molecule has 5 heteroatoms. The highest BCUT2D eigenvalue weighted by molar-refractivity contribution is 7.17. The third kappa shape index (κ3) is 2.93. The number of benzene rings is 1. The molecule has 0 saturated carbocycles. The van der Waals surface area contributed by atoms with Crippen LogP contribution in [0.2, 0.25) is 0 Å². The Morgan fingerprint density at radius 3 is 2.52 bits per heavy atom. The molecule has 0 radical (unpaired) electrons. The van der Waals surface area contributed by atoms with E-state index in [9.17, 15) is 14.7 Å². The molecule has 1 heterocycles. The SMILES string of the molecule is CCC(CC)(CNC(=O)c1csc2ccccc12)C(=O)O. The summed E-state index contributed by atoms with van der Waals surface area (Å²) in [5, 5.41) is 14.9.